The van der Waals surface area contributed by atoms with Crippen LogP contribution in [0.5, 0.6) is 0 Å². The first-order valence-electron chi connectivity index (χ1n) is 9.70. The monoisotopic (exact) mass is 409 g/mol. The third-order valence-electron chi connectivity index (χ3n) is 5.07. The Morgan fingerprint density at radius 1 is 1.00 bits per heavy atom. The molecule has 0 spiro atoms. The standard InChI is InChI=1S/C20H31N3O4S/c1-13-5-7-17(8-6-13)23-28(26,27)12-19(25)21-11-18(24)22-20-15(3)9-14(2)10-16(20)4/h9-10,13,17,23H,5-8,11-12H2,1-4H3,(H,21,25)(H,22,24). The smallest absolute Gasteiger partial charge is 0.243 e. The molecule has 1 aromatic rings. The third kappa shape index (κ3) is 6.91. The van der Waals surface area contributed by atoms with E-state index < -0.39 is 27.6 Å². The Kier molecular flexibility index (Phi) is 7.60. The quantitative estimate of drug-likeness (QED) is 0.642. The molecule has 0 unspecified atom stereocenters. The normalized spacial score (nSPS) is 19.9. The fourth-order valence-corrected chi connectivity index (χ4v) is 4.91. The fraction of sp³-hybridized carbons (Fsp3) is 0.600. The number of carbonyl (C=O) groups is 2. The summed E-state index contributed by atoms with van der Waals surface area (Å²) in [5.41, 5.74) is 3.69. The number of anilines is 1. The molecule has 3 N–H and O–H groups in total. The van der Waals surface area contributed by atoms with Crippen molar-refractivity contribution in [2.75, 3.05) is 17.6 Å². The molecule has 7 nitrogen and oxygen atoms in total. The highest BCUT2D eigenvalue weighted by Crippen LogP contribution is 2.24. The Morgan fingerprint density at radius 3 is 2.14 bits per heavy atom. The molecule has 0 aromatic heterocycles. The van der Waals surface area contributed by atoms with Crippen LogP contribution in [-0.4, -0.2) is 38.6 Å². The predicted molar refractivity (Wildman–Crippen MR) is 111 cm³/mol. The van der Waals surface area contributed by atoms with Crippen LogP contribution < -0.4 is 15.4 Å². The molecule has 28 heavy (non-hydrogen) atoms. The second-order valence-electron chi connectivity index (χ2n) is 7.93. The lowest BCUT2D eigenvalue weighted by Gasteiger charge is -2.26. The summed E-state index contributed by atoms with van der Waals surface area (Å²) in [7, 11) is -3.72. The molecule has 0 atom stereocenters. The third-order valence-corrected chi connectivity index (χ3v) is 6.41. The summed E-state index contributed by atoms with van der Waals surface area (Å²) in [6, 6.07) is 3.82. The Hall–Kier alpha value is -1.93. The van der Waals surface area contributed by atoms with Crippen LogP contribution in [0.2, 0.25) is 0 Å². The topological polar surface area (TPSA) is 104 Å². The molecule has 1 saturated carbocycles. The van der Waals surface area contributed by atoms with Crippen molar-refractivity contribution in [1.82, 2.24) is 10.0 Å². The molecule has 0 saturated heterocycles. The van der Waals surface area contributed by atoms with Crippen LogP contribution in [0.15, 0.2) is 12.1 Å². The molecule has 2 rings (SSSR count). The zero-order chi connectivity index (χ0) is 20.9. The molecular weight excluding hydrogens is 378 g/mol. The van der Waals surface area contributed by atoms with Crippen molar-refractivity contribution in [3.8, 4) is 0 Å². The summed E-state index contributed by atoms with van der Waals surface area (Å²) in [5, 5.41) is 5.16. The van der Waals surface area contributed by atoms with E-state index in [4.69, 9.17) is 0 Å². The zero-order valence-electron chi connectivity index (χ0n) is 17.1. The van der Waals surface area contributed by atoms with Gasteiger partial charge in [0, 0.05) is 11.7 Å². The second-order valence-corrected chi connectivity index (χ2v) is 9.69. The van der Waals surface area contributed by atoms with Crippen molar-refractivity contribution in [3.63, 3.8) is 0 Å². The van der Waals surface area contributed by atoms with Gasteiger partial charge < -0.3 is 10.6 Å². The minimum absolute atomic E-state index is 0.107. The first kappa shape index (κ1) is 22.4. The predicted octanol–water partition coefficient (Wildman–Crippen LogP) is 2.16. The van der Waals surface area contributed by atoms with E-state index in [9.17, 15) is 18.0 Å². The summed E-state index contributed by atoms with van der Waals surface area (Å²) < 4.78 is 27.0. The van der Waals surface area contributed by atoms with Crippen LogP contribution in [0.4, 0.5) is 5.69 Å². The number of sulfonamides is 1. The molecule has 0 heterocycles. The highest BCUT2D eigenvalue weighted by molar-refractivity contribution is 7.90. The Balaban J connectivity index is 1.80. The summed E-state index contributed by atoms with van der Waals surface area (Å²) in [6.07, 6.45) is 3.55. The van der Waals surface area contributed by atoms with Gasteiger partial charge >= 0.3 is 0 Å². The Morgan fingerprint density at radius 2 is 1.57 bits per heavy atom. The molecule has 8 heteroatoms. The Labute approximate surface area is 167 Å². The van der Waals surface area contributed by atoms with E-state index in [2.05, 4.69) is 22.3 Å². The van der Waals surface area contributed by atoms with Crippen molar-refractivity contribution in [3.05, 3.63) is 28.8 Å². The van der Waals surface area contributed by atoms with Gasteiger partial charge in [-0.05, 0) is 63.5 Å². The van der Waals surface area contributed by atoms with Gasteiger partial charge in [0.05, 0.1) is 6.54 Å². The SMILES string of the molecule is Cc1cc(C)c(NC(=O)CNC(=O)CS(=O)(=O)NC2CCC(C)CC2)c(C)c1. The second kappa shape index (κ2) is 9.52. The lowest BCUT2D eigenvalue weighted by atomic mass is 9.88. The molecule has 156 valence electrons. The molecular formula is C20H31N3O4S. The van der Waals surface area contributed by atoms with Crippen LogP contribution >= 0.6 is 0 Å². The first-order valence-corrected chi connectivity index (χ1v) is 11.4. The number of aryl methyl sites for hydroxylation is 3. The number of amides is 2. The maximum atomic E-state index is 12.2. The van der Waals surface area contributed by atoms with Crippen molar-refractivity contribution in [2.24, 2.45) is 5.92 Å². The number of hydrogen-bond acceptors (Lipinski definition) is 4. The van der Waals surface area contributed by atoms with E-state index in [1.807, 2.05) is 32.9 Å². The minimum atomic E-state index is -3.72. The van der Waals surface area contributed by atoms with E-state index in [1.165, 1.54) is 0 Å². The van der Waals surface area contributed by atoms with Gasteiger partial charge in [-0.2, -0.15) is 0 Å². The molecule has 0 aliphatic heterocycles. The number of nitrogens with one attached hydrogen (secondary N) is 3. The van der Waals surface area contributed by atoms with Crippen LogP contribution in [0.3, 0.4) is 0 Å². The molecule has 1 aromatic carbocycles. The van der Waals surface area contributed by atoms with E-state index in [0.29, 0.717) is 11.6 Å². The van der Waals surface area contributed by atoms with Gasteiger partial charge in [-0.3, -0.25) is 9.59 Å². The van der Waals surface area contributed by atoms with Crippen molar-refractivity contribution in [1.29, 1.82) is 0 Å². The van der Waals surface area contributed by atoms with Gasteiger partial charge in [0.25, 0.3) is 0 Å². The van der Waals surface area contributed by atoms with E-state index in [0.717, 1.165) is 42.4 Å². The van der Waals surface area contributed by atoms with Gasteiger partial charge in [0.2, 0.25) is 21.8 Å². The molecule has 1 fully saturated rings. The lowest BCUT2D eigenvalue weighted by molar-refractivity contribution is -0.122. The minimum Gasteiger partial charge on any atom is -0.346 e. The summed E-state index contributed by atoms with van der Waals surface area (Å²) in [5.74, 6) is -1.14. The zero-order valence-corrected chi connectivity index (χ0v) is 17.9. The summed E-state index contributed by atoms with van der Waals surface area (Å²) in [4.78, 5) is 24.1. The van der Waals surface area contributed by atoms with Gasteiger partial charge in [0.1, 0.15) is 5.75 Å². The average Bonchev–Trinajstić information content (AvgIpc) is 2.57. The largest absolute Gasteiger partial charge is 0.346 e. The number of benzene rings is 1. The Bertz CT molecular complexity index is 805. The highest BCUT2D eigenvalue weighted by atomic mass is 32.2. The maximum absolute atomic E-state index is 12.2. The van der Waals surface area contributed by atoms with E-state index in [1.54, 1.807) is 0 Å². The molecule has 2 amide bonds. The lowest BCUT2D eigenvalue weighted by Crippen LogP contribution is -2.43. The average molecular weight is 410 g/mol. The van der Waals surface area contributed by atoms with Crippen LogP contribution in [0.1, 0.15) is 49.3 Å². The van der Waals surface area contributed by atoms with Gasteiger partial charge in [-0.15, -0.1) is 0 Å². The fourth-order valence-electron chi connectivity index (χ4n) is 3.64. The molecule has 0 radical (unpaired) electrons. The number of rotatable bonds is 7. The van der Waals surface area contributed by atoms with E-state index in [-0.39, 0.29) is 12.6 Å². The van der Waals surface area contributed by atoms with Crippen LogP contribution in [0, 0.1) is 26.7 Å². The molecule has 1 aliphatic rings. The molecule has 1 aliphatic carbocycles. The highest BCUT2D eigenvalue weighted by Gasteiger charge is 2.24. The maximum Gasteiger partial charge on any atom is 0.243 e. The molecule has 0 bridgehead atoms. The number of hydrogen-bond donors (Lipinski definition) is 3. The van der Waals surface area contributed by atoms with Crippen molar-refractivity contribution < 1.29 is 18.0 Å². The first-order chi connectivity index (χ1) is 13.1. The summed E-state index contributed by atoms with van der Waals surface area (Å²) >= 11 is 0. The van der Waals surface area contributed by atoms with Crippen LogP contribution in [0.25, 0.3) is 0 Å². The van der Waals surface area contributed by atoms with Crippen molar-refractivity contribution >= 4 is 27.5 Å². The number of carbonyl (C=O) groups excluding carboxylic acids is 2. The van der Waals surface area contributed by atoms with E-state index >= 15 is 0 Å². The van der Waals surface area contributed by atoms with Crippen LogP contribution in [-0.2, 0) is 19.6 Å². The van der Waals surface area contributed by atoms with Gasteiger partial charge in [0.15, 0.2) is 0 Å². The van der Waals surface area contributed by atoms with Crippen molar-refractivity contribution in [2.45, 2.75) is 59.4 Å². The van der Waals surface area contributed by atoms with Gasteiger partial charge in [-0.25, -0.2) is 13.1 Å². The summed E-state index contributed by atoms with van der Waals surface area (Å²) in [6.45, 7) is 7.66. The van der Waals surface area contributed by atoms with Gasteiger partial charge in [-0.1, -0.05) is 24.6 Å².